The number of para-hydroxylation sites is 1. The highest BCUT2D eigenvalue weighted by atomic mass is 15.1. The summed E-state index contributed by atoms with van der Waals surface area (Å²) in [6, 6.07) is 8.99. The second kappa shape index (κ2) is 9.09. The van der Waals surface area contributed by atoms with Crippen molar-refractivity contribution in [3.63, 3.8) is 0 Å². The summed E-state index contributed by atoms with van der Waals surface area (Å²) in [6.07, 6.45) is 3.44. The third-order valence-electron chi connectivity index (χ3n) is 3.83. The van der Waals surface area contributed by atoms with Gasteiger partial charge in [0.25, 0.3) is 0 Å². The van der Waals surface area contributed by atoms with Crippen LogP contribution in [0.5, 0.6) is 0 Å². The van der Waals surface area contributed by atoms with Crippen LogP contribution in [0.1, 0.15) is 53.0 Å². The Bertz CT molecular complexity index is 384. The minimum absolute atomic E-state index is 0.211. The molecular weight excluding hydrogens is 256 g/mol. The summed E-state index contributed by atoms with van der Waals surface area (Å²) in [5.74, 6) is 1.49. The number of hydrogen-bond donors (Lipinski definition) is 1. The molecular formula is C19H34N2. The van der Waals surface area contributed by atoms with Crippen molar-refractivity contribution in [3.05, 3.63) is 29.8 Å². The molecule has 1 rings (SSSR count). The Kier molecular flexibility index (Phi) is 7.81. The molecule has 21 heavy (non-hydrogen) atoms. The van der Waals surface area contributed by atoms with E-state index in [-0.39, 0.29) is 6.04 Å². The summed E-state index contributed by atoms with van der Waals surface area (Å²) < 4.78 is 0. The zero-order valence-corrected chi connectivity index (χ0v) is 14.6. The molecule has 0 amide bonds. The molecule has 0 saturated carbocycles. The number of anilines is 1. The Morgan fingerprint density at radius 2 is 1.43 bits per heavy atom. The van der Waals surface area contributed by atoms with Gasteiger partial charge >= 0.3 is 0 Å². The van der Waals surface area contributed by atoms with Crippen molar-refractivity contribution in [1.29, 1.82) is 0 Å². The van der Waals surface area contributed by atoms with Gasteiger partial charge in [0.15, 0.2) is 0 Å². The van der Waals surface area contributed by atoms with E-state index in [4.69, 9.17) is 5.73 Å². The highest BCUT2D eigenvalue weighted by molar-refractivity contribution is 5.54. The van der Waals surface area contributed by atoms with Crippen LogP contribution in [0.2, 0.25) is 0 Å². The molecule has 1 unspecified atom stereocenters. The molecule has 1 aromatic rings. The predicted molar refractivity (Wildman–Crippen MR) is 94.9 cm³/mol. The SMILES string of the molecule is CC(C)CCN(CCC(C)C)c1ccccc1CC(C)N. The van der Waals surface area contributed by atoms with Gasteiger partial charge in [0.05, 0.1) is 0 Å². The fourth-order valence-corrected chi connectivity index (χ4v) is 2.52. The lowest BCUT2D eigenvalue weighted by Gasteiger charge is -2.29. The Balaban J connectivity index is 2.89. The maximum Gasteiger partial charge on any atom is 0.0399 e. The van der Waals surface area contributed by atoms with Crippen molar-refractivity contribution < 1.29 is 0 Å². The molecule has 2 N–H and O–H groups in total. The molecule has 2 nitrogen and oxygen atoms in total. The fraction of sp³-hybridized carbons (Fsp3) is 0.684. The average molecular weight is 290 g/mol. The molecule has 0 spiro atoms. The number of hydrogen-bond acceptors (Lipinski definition) is 2. The van der Waals surface area contributed by atoms with Crippen LogP contribution in [-0.4, -0.2) is 19.1 Å². The van der Waals surface area contributed by atoms with Crippen LogP contribution in [0.25, 0.3) is 0 Å². The Labute approximate surface area is 131 Å². The van der Waals surface area contributed by atoms with Gasteiger partial charge in [0.1, 0.15) is 0 Å². The summed E-state index contributed by atoms with van der Waals surface area (Å²) in [5, 5.41) is 0. The van der Waals surface area contributed by atoms with E-state index < -0.39 is 0 Å². The second-order valence-corrected chi connectivity index (χ2v) is 7.16. The third-order valence-corrected chi connectivity index (χ3v) is 3.83. The van der Waals surface area contributed by atoms with Crippen molar-refractivity contribution in [2.24, 2.45) is 17.6 Å². The monoisotopic (exact) mass is 290 g/mol. The van der Waals surface area contributed by atoms with Gasteiger partial charge in [-0.15, -0.1) is 0 Å². The molecule has 0 aromatic heterocycles. The minimum atomic E-state index is 0.211. The van der Waals surface area contributed by atoms with Crippen molar-refractivity contribution in [3.8, 4) is 0 Å². The van der Waals surface area contributed by atoms with Crippen LogP contribution in [0.3, 0.4) is 0 Å². The van der Waals surface area contributed by atoms with Crippen molar-refractivity contribution in [2.45, 2.75) is 59.9 Å². The van der Waals surface area contributed by atoms with E-state index in [1.807, 2.05) is 0 Å². The summed E-state index contributed by atoms with van der Waals surface area (Å²) in [5.41, 5.74) is 8.79. The third kappa shape index (κ3) is 6.99. The van der Waals surface area contributed by atoms with Crippen LogP contribution in [0.4, 0.5) is 5.69 Å². The lowest BCUT2D eigenvalue weighted by Crippen LogP contribution is -2.29. The first-order chi connectivity index (χ1) is 9.90. The Morgan fingerprint density at radius 1 is 0.905 bits per heavy atom. The van der Waals surface area contributed by atoms with E-state index in [0.717, 1.165) is 31.3 Å². The predicted octanol–water partition coefficient (Wildman–Crippen LogP) is 4.47. The Morgan fingerprint density at radius 3 is 1.90 bits per heavy atom. The van der Waals surface area contributed by atoms with Crippen LogP contribution >= 0.6 is 0 Å². The molecule has 120 valence electrons. The van der Waals surface area contributed by atoms with Crippen LogP contribution in [0.15, 0.2) is 24.3 Å². The van der Waals surface area contributed by atoms with Crippen molar-refractivity contribution in [2.75, 3.05) is 18.0 Å². The topological polar surface area (TPSA) is 29.3 Å². The minimum Gasteiger partial charge on any atom is -0.371 e. The van der Waals surface area contributed by atoms with Gasteiger partial charge in [-0.25, -0.2) is 0 Å². The van der Waals surface area contributed by atoms with Crippen LogP contribution in [-0.2, 0) is 6.42 Å². The maximum absolute atomic E-state index is 6.02. The molecule has 0 heterocycles. The van der Waals surface area contributed by atoms with E-state index in [1.165, 1.54) is 24.1 Å². The largest absolute Gasteiger partial charge is 0.371 e. The van der Waals surface area contributed by atoms with E-state index in [0.29, 0.717) is 0 Å². The normalized spacial score (nSPS) is 13.0. The summed E-state index contributed by atoms with van der Waals surface area (Å²) in [7, 11) is 0. The highest BCUT2D eigenvalue weighted by Gasteiger charge is 2.13. The van der Waals surface area contributed by atoms with Gasteiger partial charge in [-0.1, -0.05) is 45.9 Å². The Hall–Kier alpha value is -1.02. The molecule has 0 radical (unpaired) electrons. The van der Waals surface area contributed by atoms with Gasteiger partial charge in [0.2, 0.25) is 0 Å². The molecule has 0 aliphatic carbocycles. The fourth-order valence-electron chi connectivity index (χ4n) is 2.52. The molecule has 2 heteroatoms. The molecule has 1 aromatic carbocycles. The standard InChI is InChI=1S/C19H34N2/c1-15(2)10-12-21(13-11-16(3)4)19-9-7-6-8-18(19)14-17(5)20/h6-9,15-17H,10-14,20H2,1-5H3. The average Bonchev–Trinajstić information content (AvgIpc) is 2.39. The lowest BCUT2D eigenvalue weighted by atomic mass is 10.0. The van der Waals surface area contributed by atoms with Crippen LogP contribution < -0.4 is 10.6 Å². The van der Waals surface area contributed by atoms with Gasteiger partial charge in [-0.05, 0) is 49.7 Å². The second-order valence-electron chi connectivity index (χ2n) is 7.16. The molecule has 0 aliphatic rings. The smallest absolute Gasteiger partial charge is 0.0399 e. The zero-order valence-electron chi connectivity index (χ0n) is 14.6. The molecule has 0 aliphatic heterocycles. The lowest BCUT2D eigenvalue weighted by molar-refractivity contribution is 0.534. The molecule has 0 fully saturated rings. The molecule has 1 atom stereocenters. The van der Waals surface area contributed by atoms with Gasteiger partial charge < -0.3 is 10.6 Å². The first-order valence-corrected chi connectivity index (χ1v) is 8.48. The van der Waals surface area contributed by atoms with Crippen molar-refractivity contribution in [1.82, 2.24) is 0 Å². The zero-order chi connectivity index (χ0) is 15.8. The number of nitrogens with two attached hydrogens (primary N) is 1. The van der Waals surface area contributed by atoms with Gasteiger partial charge in [-0.2, -0.15) is 0 Å². The first-order valence-electron chi connectivity index (χ1n) is 8.48. The first kappa shape index (κ1) is 18.0. The number of rotatable bonds is 9. The maximum atomic E-state index is 6.02. The van der Waals surface area contributed by atoms with E-state index in [9.17, 15) is 0 Å². The highest BCUT2D eigenvalue weighted by Crippen LogP contribution is 2.23. The van der Waals surface area contributed by atoms with E-state index in [2.05, 4.69) is 63.8 Å². The van der Waals surface area contributed by atoms with E-state index >= 15 is 0 Å². The van der Waals surface area contributed by atoms with Crippen LogP contribution in [0, 0.1) is 11.8 Å². The summed E-state index contributed by atoms with van der Waals surface area (Å²) in [6.45, 7) is 13.6. The van der Waals surface area contributed by atoms with E-state index in [1.54, 1.807) is 0 Å². The quantitative estimate of drug-likeness (QED) is 0.727. The molecule has 0 bridgehead atoms. The number of nitrogens with zero attached hydrogens (tertiary/aromatic N) is 1. The number of benzene rings is 1. The summed E-state index contributed by atoms with van der Waals surface area (Å²) in [4.78, 5) is 2.57. The molecule has 0 saturated heterocycles. The van der Waals surface area contributed by atoms with Gasteiger partial charge in [0, 0.05) is 24.8 Å². The van der Waals surface area contributed by atoms with Crippen molar-refractivity contribution >= 4 is 5.69 Å². The van der Waals surface area contributed by atoms with Gasteiger partial charge in [-0.3, -0.25) is 0 Å². The summed E-state index contributed by atoms with van der Waals surface area (Å²) >= 11 is 0.